The van der Waals surface area contributed by atoms with Gasteiger partial charge >= 0.3 is 5.97 Å². The molecule has 0 spiro atoms. The van der Waals surface area contributed by atoms with Crippen LogP contribution >= 0.6 is 34.4 Å². The molecule has 33 heavy (non-hydrogen) atoms. The van der Waals surface area contributed by atoms with E-state index in [9.17, 15) is 14.4 Å². The van der Waals surface area contributed by atoms with E-state index in [0.717, 1.165) is 25.8 Å². The zero-order chi connectivity index (χ0) is 24.0. The van der Waals surface area contributed by atoms with E-state index in [1.54, 1.807) is 38.1 Å². The number of carbonyl (C=O) groups excluding carboxylic acids is 3. The summed E-state index contributed by atoms with van der Waals surface area (Å²) in [6.07, 6.45) is 1.28. The summed E-state index contributed by atoms with van der Waals surface area (Å²) >= 11 is 3.04. The van der Waals surface area contributed by atoms with Gasteiger partial charge in [0, 0.05) is 3.57 Å². The fourth-order valence-electron chi connectivity index (χ4n) is 2.96. The minimum atomic E-state index is -0.623. The van der Waals surface area contributed by atoms with Crippen LogP contribution in [0.4, 0.5) is 4.79 Å². The monoisotopic (exact) mass is 581 g/mol. The van der Waals surface area contributed by atoms with Gasteiger partial charge in [-0.3, -0.25) is 19.3 Å². The summed E-state index contributed by atoms with van der Waals surface area (Å²) in [5, 5.41) is -0.505. The van der Waals surface area contributed by atoms with Crippen LogP contribution in [0.3, 0.4) is 0 Å². The van der Waals surface area contributed by atoms with E-state index in [-0.39, 0.29) is 11.0 Å². The number of imide groups is 1. The minimum absolute atomic E-state index is 0.229. The molecule has 1 aliphatic heterocycles. The van der Waals surface area contributed by atoms with Crippen molar-refractivity contribution < 1.29 is 28.6 Å². The molecule has 7 nitrogen and oxygen atoms in total. The maximum absolute atomic E-state index is 12.7. The molecule has 1 heterocycles. The number of halogens is 1. The van der Waals surface area contributed by atoms with Gasteiger partial charge in [0.2, 0.25) is 0 Å². The van der Waals surface area contributed by atoms with Crippen molar-refractivity contribution in [3.63, 3.8) is 0 Å². The Hall–Kier alpha value is -2.53. The third-order valence-corrected chi connectivity index (χ3v) is 6.03. The number of hydrogen-bond donors (Lipinski definition) is 0. The Morgan fingerprint density at radius 3 is 2.48 bits per heavy atom. The van der Waals surface area contributed by atoms with E-state index >= 15 is 0 Å². The molecule has 0 bridgehead atoms. The van der Waals surface area contributed by atoms with Gasteiger partial charge in [-0.15, -0.1) is 0 Å². The van der Waals surface area contributed by atoms with Crippen LogP contribution in [-0.2, 0) is 20.9 Å². The second-order valence-electron chi connectivity index (χ2n) is 7.36. The van der Waals surface area contributed by atoms with Crippen LogP contribution in [0.5, 0.6) is 11.5 Å². The number of hydrogen-bond acceptors (Lipinski definition) is 7. The Labute approximate surface area is 210 Å². The Morgan fingerprint density at radius 2 is 1.82 bits per heavy atom. The largest absolute Gasteiger partial charge is 0.490 e. The van der Waals surface area contributed by atoms with E-state index in [1.807, 2.05) is 31.2 Å². The SMILES string of the molecule is CCOc1cc(/C=C2/SC(=O)N(CC(=O)OC(C)C)C2=O)ccc1OCc1ccc(I)cc1. The van der Waals surface area contributed by atoms with Crippen LogP contribution in [0.1, 0.15) is 31.9 Å². The third kappa shape index (κ3) is 6.97. The van der Waals surface area contributed by atoms with Crippen molar-refractivity contribution in [1.29, 1.82) is 0 Å². The summed E-state index contributed by atoms with van der Waals surface area (Å²) < 4.78 is 17.8. The standard InChI is InChI=1S/C24H24INO6S/c1-4-30-20-11-17(7-10-19(20)31-14-16-5-8-18(25)9-6-16)12-21-23(28)26(24(29)33-21)13-22(27)32-15(2)3/h5-12,15H,4,13-14H2,1-3H3/b21-12+. The number of thioether (sulfide) groups is 1. The highest BCUT2D eigenvalue weighted by molar-refractivity contribution is 14.1. The summed E-state index contributed by atoms with van der Waals surface area (Å²) in [5.41, 5.74) is 1.71. The van der Waals surface area contributed by atoms with Gasteiger partial charge in [0.1, 0.15) is 13.2 Å². The predicted octanol–water partition coefficient (Wildman–Crippen LogP) is 5.26. The summed E-state index contributed by atoms with van der Waals surface area (Å²) in [5.74, 6) is -0.0295. The summed E-state index contributed by atoms with van der Waals surface area (Å²) in [7, 11) is 0. The molecular weight excluding hydrogens is 557 g/mol. The zero-order valence-electron chi connectivity index (χ0n) is 18.5. The highest BCUT2D eigenvalue weighted by Crippen LogP contribution is 2.35. The highest BCUT2D eigenvalue weighted by atomic mass is 127. The second-order valence-corrected chi connectivity index (χ2v) is 9.60. The number of ether oxygens (including phenoxy) is 3. The van der Waals surface area contributed by atoms with Crippen molar-refractivity contribution in [1.82, 2.24) is 4.90 Å². The molecule has 0 aliphatic carbocycles. The van der Waals surface area contributed by atoms with Crippen LogP contribution in [0, 0.1) is 3.57 Å². The number of esters is 1. The van der Waals surface area contributed by atoms with Crippen LogP contribution in [0.25, 0.3) is 6.08 Å². The van der Waals surface area contributed by atoms with E-state index < -0.39 is 23.7 Å². The fraction of sp³-hybridized carbons (Fsp3) is 0.292. The van der Waals surface area contributed by atoms with Gasteiger partial charge in [0.15, 0.2) is 11.5 Å². The molecule has 2 amide bonds. The first-order chi connectivity index (χ1) is 15.8. The summed E-state index contributed by atoms with van der Waals surface area (Å²) in [6, 6.07) is 13.4. The Morgan fingerprint density at radius 1 is 1.09 bits per heavy atom. The average molecular weight is 581 g/mol. The molecule has 2 aromatic rings. The number of amides is 2. The second kappa shape index (κ2) is 11.6. The maximum atomic E-state index is 12.7. The molecule has 3 rings (SSSR count). The molecule has 0 saturated carbocycles. The molecule has 0 aromatic heterocycles. The number of carbonyl (C=O) groups is 3. The first-order valence-electron chi connectivity index (χ1n) is 10.4. The van der Waals surface area contributed by atoms with Crippen molar-refractivity contribution in [3.05, 3.63) is 62.1 Å². The van der Waals surface area contributed by atoms with Gasteiger partial charge in [-0.25, -0.2) is 0 Å². The molecular formula is C24H24INO6S. The van der Waals surface area contributed by atoms with Crippen molar-refractivity contribution in [2.45, 2.75) is 33.5 Å². The van der Waals surface area contributed by atoms with Gasteiger partial charge < -0.3 is 14.2 Å². The van der Waals surface area contributed by atoms with Gasteiger partial charge in [-0.2, -0.15) is 0 Å². The Kier molecular flexibility index (Phi) is 8.79. The molecule has 2 aromatic carbocycles. The first-order valence-corrected chi connectivity index (χ1v) is 12.2. The summed E-state index contributed by atoms with van der Waals surface area (Å²) in [6.45, 7) is 5.71. The van der Waals surface area contributed by atoms with E-state index in [2.05, 4.69) is 22.6 Å². The van der Waals surface area contributed by atoms with E-state index in [1.165, 1.54) is 0 Å². The van der Waals surface area contributed by atoms with Crippen LogP contribution < -0.4 is 9.47 Å². The molecule has 0 atom stereocenters. The number of benzene rings is 2. The van der Waals surface area contributed by atoms with Crippen LogP contribution in [0.15, 0.2) is 47.4 Å². The van der Waals surface area contributed by atoms with E-state index in [4.69, 9.17) is 14.2 Å². The molecule has 9 heteroatoms. The molecule has 1 fully saturated rings. The quantitative estimate of drug-likeness (QED) is 0.227. The lowest BCUT2D eigenvalue weighted by Crippen LogP contribution is -2.35. The summed E-state index contributed by atoms with van der Waals surface area (Å²) in [4.78, 5) is 37.9. The normalized spacial score (nSPS) is 14.8. The highest BCUT2D eigenvalue weighted by Gasteiger charge is 2.36. The maximum Gasteiger partial charge on any atom is 0.326 e. The molecule has 174 valence electrons. The molecule has 0 N–H and O–H groups in total. The van der Waals surface area contributed by atoms with Crippen LogP contribution in [-0.4, -0.2) is 41.3 Å². The van der Waals surface area contributed by atoms with Gasteiger partial charge in [0.05, 0.1) is 17.6 Å². The van der Waals surface area contributed by atoms with Crippen LogP contribution in [0.2, 0.25) is 0 Å². The molecule has 0 radical (unpaired) electrons. The van der Waals surface area contributed by atoms with Crippen molar-refractivity contribution in [3.8, 4) is 11.5 Å². The Bertz CT molecular complexity index is 1070. The lowest BCUT2D eigenvalue weighted by Gasteiger charge is -2.13. The fourth-order valence-corrected chi connectivity index (χ4v) is 4.16. The number of rotatable bonds is 9. The molecule has 1 aliphatic rings. The van der Waals surface area contributed by atoms with Gasteiger partial charge in [-0.1, -0.05) is 18.2 Å². The Balaban J connectivity index is 1.74. The van der Waals surface area contributed by atoms with Gasteiger partial charge in [0.25, 0.3) is 11.1 Å². The van der Waals surface area contributed by atoms with Crippen molar-refractivity contribution >= 4 is 57.5 Å². The smallest absolute Gasteiger partial charge is 0.326 e. The van der Waals surface area contributed by atoms with Crippen molar-refractivity contribution in [2.75, 3.05) is 13.2 Å². The lowest BCUT2D eigenvalue weighted by atomic mass is 10.1. The molecule has 0 unspecified atom stereocenters. The van der Waals surface area contributed by atoms with Crippen molar-refractivity contribution in [2.24, 2.45) is 0 Å². The van der Waals surface area contributed by atoms with E-state index in [0.29, 0.717) is 30.3 Å². The first kappa shape index (κ1) is 25.1. The lowest BCUT2D eigenvalue weighted by molar-refractivity contribution is -0.149. The topological polar surface area (TPSA) is 82.1 Å². The molecule has 1 saturated heterocycles. The number of nitrogens with zero attached hydrogens (tertiary/aromatic N) is 1. The van der Waals surface area contributed by atoms with Gasteiger partial charge in [-0.05, 0) is 96.6 Å². The third-order valence-electron chi connectivity index (χ3n) is 4.40. The average Bonchev–Trinajstić information content (AvgIpc) is 3.01. The minimum Gasteiger partial charge on any atom is -0.490 e. The predicted molar refractivity (Wildman–Crippen MR) is 135 cm³/mol. The zero-order valence-corrected chi connectivity index (χ0v) is 21.5.